The Morgan fingerprint density at radius 1 is 1.04 bits per heavy atom. The third-order valence-corrected chi connectivity index (χ3v) is 5.82. The zero-order chi connectivity index (χ0) is 16.9. The second-order valence-electron chi connectivity index (χ2n) is 5.82. The maximum atomic E-state index is 12.5. The first kappa shape index (κ1) is 17.5. The highest BCUT2D eigenvalue weighted by molar-refractivity contribution is 7.57. The Balaban J connectivity index is 2.15. The van der Waals surface area contributed by atoms with Crippen LogP contribution in [0.25, 0.3) is 0 Å². The van der Waals surface area contributed by atoms with Gasteiger partial charge in [-0.2, -0.15) is 0 Å². The summed E-state index contributed by atoms with van der Waals surface area (Å²) in [7, 11) is -3.58. The summed E-state index contributed by atoms with van der Waals surface area (Å²) in [6.07, 6.45) is -0.230. The molecule has 0 radical (unpaired) electrons. The molecule has 0 amide bonds. The fourth-order valence-corrected chi connectivity index (χ4v) is 4.68. The molecular formula is C18H21O4P. The zero-order valence-corrected chi connectivity index (χ0v) is 13.9. The van der Waals surface area contributed by atoms with Gasteiger partial charge in [0, 0.05) is 12.3 Å². The molecule has 5 heteroatoms. The summed E-state index contributed by atoms with van der Waals surface area (Å²) in [5, 5.41) is 9.50. The standard InChI is InChI=1S/C18H21O4P/c1-14(16-10-6-3-7-11-16)17(18(19)20)13-23(21,22)12-15-8-4-2-5-9-15/h2-11,14,17H,12-13H2,1H3,(H,19,20)(H,21,22). The fourth-order valence-electron chi connectivity index (χ4n) is 2.68. The van der Waals surface area contributed by atoms with Crippen LogP contribution in [0.1, 0.15) is 24.0 Å². The van der Waals surface area contributed by atoms with Crippen LogP contribution in [-0.4, -0.2) is 22.1 Å². The van der Waals surface area contributed by atoms with Gasteiger partial charge in [-0.3, -0.25) is 9.36 Å². The van der Waals surface area contributed by atoms with Gasteiger partial charge in [-0.15, -0.1) is 0 Å². The molecule has 2 N–H and O–H groups in total. The van der Waals surface area contributed by atoms with E-state index in [0.717, 1.165) is 11.1 Å². The molecule has 0 aliphatic carbocycles. The van der Waals surface area contributed by atoms with Crippen molar-refractivity contribution >= 4 is 13.3 Å². The van der Waals surface area contributed by atoms with Crippen molar-refractivity contribution in [2.24, 2.45) is 5.92 Å². The average Bonchev–Trinajstić information content (AvgIpc) is 2.53. The maximum Gasteiger partial charge on any atom is 0.307 e. The first-order chi connectivity index (χ1) is 10.9. The Morgan fingerprint density at radius 3 is 2.09 bits per heavy atom. The van der Waals surface area contributed by atoms with Crippen LogP contribution in [0.15, 0.2) is 60.7 Å². The van der Waals surface area contributed by atoms with Gasteiger partial charge in [0.1, 0.15) is 0 Å². The minimum Gasteiger partial charge on any atom is -0.481 e. The highest BCUT2D eigenvalue weighted by Crippen LogP contribution is 2.48. The quantitative estimate of drug-likeness (QED) is 0.753. The van der Waals surface area contributed by atoms with E-state index in [4.69, 9.17) is 0 Å². The first-order valence-electron chi connectivity index (χ1n) is 7.51. The summed E-state index contributed by atoms with van der Waals surface area (Å²) in [4.78, 5) is 21.9. The maximum absolute atomic E-state index is 12.5. The number of hydrogen-bond donors (Lipinski definition) is 2. The predicted molar refractivity (Wildman–Crippen MR) is 90.8 cm³/mol. The molecule has 0 aliphatic heterocycles. The minimum absolute atomic E-state index is 0.000863. The van der Waals surface area contributed by atoms with E-state index >= 15 is 0 Å². The number of carbonyl (C=O) groups is 1. The van der Waals surface area contributed by atoms with Crippen LogP contribution < -0.4 is 0 Å². The summed E-state index contributed by atoms with van der Waals surface area (Å²) >= 11 is 0. The molecule has 2 aromatic carbocycles. The number of carboxylic acids is 1. The summed E-state index contributed by atoms with van der Waals surface area (Å²) in [5.41, 5.74) is 1.61. The predicted octanol–water partition coefficient (Wildman–Crippen LogP) is 3.96. The lowest BCUT2D eigenvalue weighted by Gasteiger charge is -2.23. The summed E-state index contributed by atoms with van der Waals surface area (Å²) in [5.74, 6) is -2.26. The Morgan fingerprint density at radius 2 is 1.57 bits per heavy atom. The van der Waals surface area contributed by atoms with Gasteiger partial charge in [-0.05, 0) is 17.0 Å². The molecule has 0 spiro atoms. The third kappa shape index (κ3) is 5.05. The van der Waals surface area contributed by atoms with Crippen molar-refractivity contribution in [2.45, 2.75) is 19.0 Å². The van der Waals surface area contributed by atoms with E-state index in [1.165, 1.54) is 0 Å². The van der Waals surface area contributed by atoms with Gasteiger partial charge in [0.05, 0.1) is 5.92 Å². The van der Waals surface area contributed by atoms with E-state index in [9.17, 15) is 19.4 Å². The minimum atomic E-state index is -3.58. The molecule has 0 heterocycles. The Hall–Kier alpha value is -1.90. The SMILES string of the molecule is CC(c1ccccc1)C(CP(=O)(O)Cc1ccccc1)C(=O)O. The molecule has 3 unspecified atom stereocenters. The second-order valence-corrected chi connectivity index (χ2v) is 8.19. The van der Waals surface area contributed by atoms with E-state index in [0.29, 0.717) is 0 Å². The Kier molecular flexibility index (Phi) is 5.75. The molecule has 0 saturated heterocycles. The number of carboxylic acid groups (broad SMARTS) is 1. The second kappa shape index (κ2) is 7.58. The summed E-state index contributed by atoms with van der Waals surface area (Å²) < 4.78 is 12.5. The molecule has 0 saturated carbocycles. The van der Waals surface area contributed by atoms with Crippen molar-refractivity contribution in [3.8, 4) is 0 Å². The molecule has 23 heavy (non-hydrogen) atoms. The van der Waals surface area contributed by atoms with Crippen molar-refractivity contribution in [3.63, 3.8) is 0 Å². The zero-order valence-electron chi connectivity index (χ0n) is 13.0. The van der Waals surface area contributed by atoms with Crippen LogP contribution in [0, 0.1) is 5.92 Å². The molecule has 4 nitrogen and oxygen atoms in total. The van der Waals surface area contributed by atoms with Crippen LogP contribution in [0.4, 0.5) is 0 Å². The first-order valence-corrected chi connectivity index (χ1v) is 9.54. The molecule has 2 rings (SSSR count). The topological polar surface area (TPSA) is 74.6 Å². The van der Waals surface area contributed by atoms with E-state index in [1.54, 1.807) is 31.2 Å². The van der Waals surface area contributed by atoms with E-state index < -0.39 is 19.3 Å². The highest BCUT2D eigenvalue weighted by atomic mass is 31.2. The van der Waals surface area contributed by atoms with Crippen LogP contribution >= 0.6 is 7.37 Å². The van der Waals surface area contributed by atoms with Crippen molar-refractivity contribution < 1.29 is 19.4 Å². The lowest BCUT2D eigenvalue weighted by molar-refractivity contribution is -0.141. The van der Waals surface area contributed by atoms with E-state index in [-0.39, 0.29) is 18.2 Å². The Bertz CT molecular complexity index is 685. The number of hydrogen-bond acceptors (Lipinski definition) is 2. The highest BCUT2D eigenvalue weighted by Gasteiger charge is 2.33. The lowest BCUT2D eigenvalue weighted by Crippen LogP contribution is -2.24. The number of rotatable bonds is 7. The van der Waals surface area contributed by atoms with Gasteiger partial charge in [-0.1, -0.05) is 67.6 Å². The molecule has 2 aromatic rings. The van der Waals surface area contributed by atoms with Crippen molar-refractivity contribution in [1.29, 1.82) is 0 Å². The van der Waals surface area contributed by atoms with Gasteiger partial charge < -0.3 is 10.00 Å². The van der Waals surface area contributed by atoms with Crippen molar-refractivity contribution in [1.82, 2.24) is 0 Å². The van der Waals surface area contributed by atoms with E-state index in [2.05, 4.69) is 0 Å². The summed E-state index contributed by atoms with van der Waals surface area (Å²) in [6.45, 7) is 1.79. The smallest absolute Gasteiger partial charge is 0.307 e. The number of benzene rings is 2. The molecule has 0 aliphatic rings. The van der Waals surface area contributed by atoms with Crippen LogP contribution in [0.5, 0.6) is 0 Å². The summed E-state index contributed by atoms with van der Waals surface area (Å²) in [6, 6.07) is 18.2. The lowest BCUT2D eigenvalue weighted by atomic mass is 9.89. The third-order valence-electron chi connectivity index (χ3n) is 4.00. The Labute approximate surface area is 136 Å². The molecule has 3 atom stereocenters. The van der Waals surface area contributed by atoms with Crippen molar-refractivity contribution in [3.05, 3.63) is 71.8 Å². The van der Waals surface area contributed by atoms with Gasteiger partial charge in [0.25, 0.3) is 0 Å². The van der Waals surface area contributed by atoms with Gasteiger partial charge in [0.2, 0.25) is 7.37 Å². The monoisotopic (exact) mass is 332 g/mol. The van der Waals surface area contributed by atoms with Crippen LogP contribution in [-0.2, 0) is 15.5 Å². The van der Waals surface area contributed by atoms with Crippen LogP contribution in [0.3, 0.4) is 0 Å². The molecule has 0 bridgehead atoms. The van der Waals surface area contributed by atoms with Gasteiger partial charge in [-0.25, -0.2) is 0 Å². The van der Waals surface area contributed by atoms with E-state index in [1.807, 2.05) is 36.4 Å². The fraction of sp³-hybridized carbons (Fsp3) is 0.278. The van der Waals surface area contributed by atoms with Gasteiger partial charge >= 0.3 is 5.97 Å². The molecular weight excluding hydrogens is 311 g/mol. The normalized spacial score (nSPS) is 16.3. The molecule has 0 aromatic heterocycles. The van der Waals surface area contributed by atoms with Crippen LogP contribution in [0.2, 0.25) is 0 Å². The molecule has 122 valence electrons. The number of aliphatic carboxylic acids is 1. The van der Waals surface area contributed by atoms with Gasteiger partial charge in [0.15, 0.2) is 0 Å². The molecule has 0 fully saturated rings. The largest absolute Gasteiger partial charge is 0.481 e. The average molecular weight is 332 g/mol. The van der Waals surface area contributed by atoms with Crippen molar-refractivity contribution in [2.75, 3.05) is 6.16 Å².